The summed E-state index contributed by atoms with van der Waals surface area (Å²) in [6.07, 6.45) is 4.19. The first-order valence-electron chi connectivity index (χ1n) is 5.99. The molecule has 2 rings (SSSR count). The van der Waals surface area contributed by atoms with Crippen LogP contribution in [0.4, 0.5) is 0 Å². The van der Waals surface area contributed by atoms with E-state index in [1.165, 1.54) is 0 Å². The van der Waals surface area contributed by atoms with Crippen molar-refractivity contribution in [1.29, 1.82) is 0 Å². The Morgan fingerprint density at radius 3 is 2.58 bits per heavy atom. The highest BCUT2D eigenvalue weighted by atomic mass is 79.9. The number of aromatic nitrogens is 3. The van der Waals surface area contributed by atoms with Crippen molar-refractivity contribution in [3.05, 3.63) is 51.2 Å². The minimum absolute atomic E-state index is 0.0882. The van der Waals surface area contributed by atoms with Crippen LogP contribution in [0.3, 0.4) is 0 Å². The van der Waals surface area contributed by atoms with E-state index in [0.717, 1.165) is 15.7 Å². The quantitative estimate of drug-likeness (QED) is 0.770. The fourth-order valence-electron chi connectivity index (χ4n) is 1.72. The summed E-state index contributed by atoms with van der Waals surface area (Å²) in [4.78, 5) is 13.0. The normalized spacial score (nSPS) is 11.6. The van der Waals surface area contributed by atoms with E-state index >= 15 is 0 Å². The van der Waals surface area contributed by atoms with Crippen molar-refractivity contribution in [3.63, 3.8) is 0 Å². The van der Waals surface area contributed by atoms with Gasteiger partial charge in [0.2, 0.25) is 0 Å². The molecule has 0 aliphatic carbocycles. The van der Waals surface area contributed by atoms with E-state index in [1.54, 1.807) is 6.20 Å². The van der Waals surface area contributed by atoms with Crippen molar-refractivity contribution in [2.45, 2.75) is 32.6 Å². The van der Waals surface area contributed by atoms with Crippen LogP contribution >= 0.6 is 27.5 Å². The first-order valence-corrected chi connectivity index (χ1v) is 7.16. The van der Waals surface area contributed by atoms with Crippen LogP contribution in [0.2, 0.25) is 5.15 Å². The second-order valence-electron chi connectivity index (χ2n) is 5.38. The van der Waals surface area contributed by atoms with Gasteiger partial charge in [0.05, 0.1) is 10.2 Å². The summed E-state index contributed by atoms with van der Waals surface area (Å²) in [6, 6.07) is 3.91. The third-order valence-corrected chi connectivity index (χ3v) is 3.91. The van der Waals surface area contributed by atoms with Gasteiger partial charge in [-0.15, -0.1) is 0 Å². The zero-order valence-electron chi connectivity index (χ0n) is 11.1. The van der Waals surface area contributed by atoms with E-state index in [0.29, 0.717) is 17.4 Å². The maximum absolute atomic E-state index is 6.18. The summed E-state index contributed by atoms with van der Waals surface area (Å²) in [5.74, 6) is 0.714. The predicted molar refractivity (Wildman–Crippen MR) is 80.5 cm³/mol. The maximum Gasteiger partial charge on any atom is 0.147 e. The van der Waals surface area contributed by atoms with E-state index in [2.05, 4.69) is 51.7 Å². The van der Waals surface area contributed by atoms with Gasteiger partial charge >= 0.3 is 0 Å². The minimum atomic E-state index is -0.0882. The van der Waals surface area contributed by atoms with E-state index in [9.17, 15) is 0 Å². The van der Waals surface area contributed by atoms with Gasteiger partial charge in [-0.1, -0.05) is 38.4 Å². The van der Waals surface area contributed by atoms with Gasteiger partial charge in [0.15, 0.2) is 0 Å². The molecule has 0 aliphatic rings. The molecular weight excluding hydrogens is 326 g/mol. The van der Waals surface area contributed by atoms with Gasteiger partial charge in [-0.2, -0.15) is 0 Å². The maximum atomic E-state index is 6.18. The lowest BCUT2D eigenvalue weighted by Crippen LogP contribution is -2.17. The summed E-state index contributed by atoms with van der Waals surface area (Å²) in [7, 11) is 0. The number of hydrogen-bond donors (Lipinski definition) is 0. The first kappa shape index (κ1) is 14.4. The Morgan fingerprint density at radius 2 is 2.00 bits per heavy atom. The Labute approximate surface area is 126 Å². The molecule has 0 spiro atoms. The van der Waals surface area contributed by atoms with Crippen molar-refractivity contribution in [2.24, 2.45) is 0 Å². The molecule has 2 aromatic rings. The molecule has 2 aromatic heterocycles. The lowest BCUT2D eigenvalue weighted by Gasteiger charge is -2.20. The van der Waals surface area contributed by atoms with Crippen LogP contribution < -0.4 is 0 Å². The minimum Gasteiger partial charge on any atom is -0.264 e. The Hall–Kier alpha value is -1.00. The molecule has 0 N–H and O–H groups in total. The average molecular weight is 341 g/mol. The first-order chi connectivity index (χ1) is 8.88. The van der Waals surface area contributed by atoms with Gasteiger partial charge in [0.1, 0.15) is 11.0 Å². The van der Waals surface area contributed by atoms with Gasteiger partial charge in [0.25, 0.3) is 0 Å². The van der Waals surface area contributed by atoms with Crippen LogP contribution in [-0.4, -0.2) is 15.0 Å². The molecule has 19 heavy (non-hydrogen) atoms. The largest absolute Gasteiger partial charge is 0.264 e. The second-order valence-corrected chi connectivity index (χ2v) is 6.53. The Balaban J connectivity index is 2.40. The molecule has 0 fully saturated rings. The zero-order chi connectivity index (χ0) is 14.0. The molecule has 0 saturated heterocycles. The van der Waals surface area contributed by atoms with Crippen molar-refractivity contribution in [2.75, 3.05) is 0 Å². The highest BCUT2D eigenvalue weighted by Crippen LogP contribution is 2.32. The number of pyridine rings is 1. The molecule has 100 valence electrons. The fourth-order valence-corrected chi connectivity index (χ4v) is 2.68. The van der Waals surface area contributed by atoms with E-state index < -0.39 is 0 Å². The van der Waals surface area contributed by atoms with Crippen LogP contribution in [0.1, 0.15) is 37.9 Å². The third kappa shape index (κ3) is 3.51. The van der Waals surface area contributed by atoms with Gasteiger partial charge in [-0.05, 0) is 27.6 Å². The number of hydrogen-bond acceptors (Lipinski definition) is 3. The molecule has 5 heteroatoms. The Kier molecular flexibility index (Phi) is 4.21. The highest BCUT2D eigenvalue weighted by molar-refractivity contribution is 9.10. The summed E-state index contributed by atoms with van der Waals surface area (Å²) in [5.41, 5.74) is 1.90. The monoisotopic (exact) mass is 339 g/mol. The lowest BCUT2D eigenvalue weighted by molar-refractivity contribution is 0.559. The van der Waals surface area contributed by atoms with Crippen LogP contribution in [0.15, 0.2) is 29.0 Å². The van der Waals surface area contributed by atoms with Crippen molar-refractivity contribution < 1.29 is 0 Å². The van der Waals surface area contributed by atoms with Gasteiger partial charge in [0, 0.05) is 24.2 Å². The molecule has 0 unspecified atom stereocenters. The molecular formula is C14H15BrClN3. The van der Waals surface area contributed by atoms with Crippen molar-refractivity contribution in [3.8, 4) is 0 Å². The number of halogens is 2. The van der Waals surface area contributed by atoms with Crippen LogP contribution in [0.5, 0.6) is 0 Å². The molecule has 0 aromatic carbocycles. The topological polar surface area (TPSA) is 38.7 Å². The molecule has 0 saturated carbocycles. The Bertz CT molecular complexity index is 579. The number of nitrogens with zero attached hydrogens (tertiary/aromatic N) is 3. The lowest BCUT2D eigenvalue weighted by atomic mass is 9.92. The van der Waals surface area contributed by atoms with Gasteiger partial charge < -0.3 is 0 Å². The summed E-state index contributed by atoms with van der Waals surface area (Å²) >= 11 is 9.64. The molecule has 3 nitrogen and oxygen atoms in total. The molecule has 0 atom stereocenters. The number of rotatable bonds is 2. The van der Waals surface area contributed by atoms with Crippen molar-refractivity contribution >= 4 is 27.5 Å². The highest BCUT2D eigenvalue weighted by Gasteiger charge is 2.22. The third-order valence-electron chi connectivity index (χ3n) is 2.65. The second kappa shape index (κ2) is 5.55. The average Bonchev–Trinajstić information content (AvgIpc) is 2.33. The zero-order valence-corrected chi connectivity index (χ0v) is 13.5. The molecule has 2 heterocycles. The summed E-state index contributed by atoms with van der Waals surface area (Å²) < 4.78 is 0.775. The van der Waals surface area contributed by atoms with Gasteiger partial charge in [-0.25, -0.2) is 9.97 Å². The molecule has 0 aliphatic heterocycles. The summed E-state index contributed by atoms with van der Waals surface area (Å²) in [6.45, 7) is 6.30. The molecule has 0 radical (unpaired) electrons. The molecule has 0 bridgehead atoms. The Morgan fingerprint density at radius 1 is 1.26 bits per heavy atom. The SMILES string of the molecule is CC(C)(C)c1nc(Cc2cccnc2)nc(Cl)c1Br. The van der Waals surface area contributed by atoms with Crippen LogP contribution in [-0.2, 0) is 11.8 Å². The molecule has 0 amide bonds. The smallest absolute Gasteiger partial charge is 0.147 e. The van der Waals surface area contributed by atoms with E-state index in [-0.39, 0.29) is 5.41 Å². The predicted octanol–water partition coefficient (Wildman–Crippen LogP) is 4.18. The van der Waals surface area contributed by atoms with E-state index in [1.807, 2.05) is 18.3 Å². The van der Waals surface area contributed by atoms with Crippen LogP contribution in [0.25, 0.3) is 0 Å². The van der Waals surface area contributed by atoms with E-state index in [4.69, 9.17) is 11.6 Å². The van der Waals surface area contributed by atoms with Crippen LogP contribution in [0, 0.1) is 0 Å². The standard InChI is InChI=1S/C14H15BrClN3/c1-14(2,3)12-11(15)13(16)19-10(18-12)7-9-5-4-6-17-8-9/h4-6,8H,7H2,1-3H3. The van der Waals surface area contributed by atoms with Crippen molar-refractivity contribution in [1.82, 2.24) is 15.0 Å². The van der Waals surface area contributed by atoms with Gasteiger partial charge in [-0.3, -0.25) is 4.98 Å². The fraction of sp³-hybridized carbons (Fsp3) is 0.357. The summed E-state index contributed by atoms with van der Waals surface area (Å²) in [5, 5.41) is 0.457.